The summed E-state index contributed by atoms with van der Waals surface area (Å²) < 4.78 is 4.69. The van der Waals surface area contributed by atoms with E-state index in [9.17, 15) is 14.4 Å². The van der Waals surface area contributed by atoms with Crippen LogP contribution < -0.4 is 10.6 Å². The van der Waals surface area contributed by atoms with Crippen LogP contribution in [0.4, 0.5) is 5.69 Å². The Balaban J connectivity index is 1.43. The number of fused-ring (bicyclic) bond motifs is 2. The molecule has 1 aromatic heterocycles. The number of allylic oxidation sites excluding steroid dienone is 2. The van der Waals surface area contributed by atoms with E-state index in [1.54, 1.807) is 36.7 Å². The zero-order valence-electron chi connectivity index (χ0n) is 16.6. The maximum atomic E-state index is 13.0. The van der Waals surface area contributed by atoms with E-state index in [2.05, 4.69) is 20.4 Å². The maximum absolute atomic E-state index is 13.0. The molecule has 0 aliphatic heterocycles. The van der Waals surface area contributed by atoms with Gasteiger partial charge in [0, 0.05) is 24.6 Å². The molecule has 30 heavy (non-hydrogen) atoms. The lowest BCUT2D eigenvalue weighted by Gasteiger charge is -2.26. The zero-order valence-corrected chi connectivity index (χ0v) is 16.6. The van der Waals surface area contributed by atoms with Crippen molar-refractivity contribution in [2.45, 2.75) is 13.0 Å². The molecule has 2 N–H and O–H groups in total. The van der Waals surface area contributed by atoms with Crippen molar-refractivity contribution in [1.29, 1.82) is 0 Å². The molecule has 4 rings (SSSR count). The van der Waals surface area contributed by atoms with Crippen molar-refractivity contribution in [3.8, 4) is 0 Å². The van der Waals surface area contributed by atoms with E-state index in [4.69, 9.17) is 0 Å². The molecule has 1 saturated carbocycles. The van der Waals surface area contributed by atoms with E-state index in [1.165, 1.54) is 7.11 Å². The van der Waals surface area contributed by atoms with Crippen LogP contribution >= 0.6 is 0 Å². The first kappa shape index (κ1) is 19.8. The fraction of sp³-hybridized carbons (Fsp3) is 0.304. The first-order valence-corrected chi connectivity index (χ1v) is 9.91. The molecular weight excluding hydrogens is 382 g/mol. The number of carbonyl (C=O) groups excluding carboxylic acids is 3. The number of carbonyl (C=O) groups is 3. The van der Waals surface area contributed by atoms with E-state index in [1.807, 2.05) is 24.3 Å². The number of ether oxygens (including phenoxy) is 1. The topological polar surface area (TPSA) is 97.4 Å². The molecule has 2 aliphatic carbocycles. The summed E-state index contributed by atoms with van der Waals surface area (Å²) in [5, 5.41) is 5.85. The van der Waals surface area contributed by atoms with E-state index >= 15 is 0 Å². The minimum atomic E-state index is -0.434. The molecule has 1 heterocycles. The highest BCUT2D eigenvalue weighted by atomic mass is 16.5. The first-order chi connectivity index (χ1) is 14.6. The number of rotatable bonds is 6. The molecule has 1 fully saturated rings. The monoisotopic (exact) mass is 405 g/mol. The summed E-state index contributed by atoms with van der Waals surface area (Å²) in [5.41, 5.74) is 1.90. The van der Waals surface area contributed by atoms with E-state index in [-0.39, 0.29) is 23.7 Å². The fourth-order valence-electron chi connectivity index (χ4n) is 4.38. The lowest BCUT2D eigenvalue weighted by molar-refractivity contribution is -0.133. The third-order valence-corrected chi connectivity index (χ3v) is 5.83. The van der Waals surface area contributed by atoms with Gasteiger partial charge in [-0.15, -0.1) is 0 Å². The summed E-state index contributed by atoms with van der Waals surface area (Å²) in [6.07, 6.45) is 8.30. The zero-order chi connectivity index (χ0) is 21.1. The quantitative estimate of drug-likeness (QED) is 0.569. The smallest absolute Gasteiger partial charge is 0.337 e. The molecular formula is C23H23N3O4. The molecule has 4 atom stereocenters. The van der Waals surface area contributed by atoms with Crippen molar-refractivity contribution < 1.29 is 19.1 Å². The van der Waals surface area contributed by atoms with Crippen molar-refractivity contribution in [2.24, 2.45) is 23.7 Å². The SMILES string of the molecule is COC(=O)c1ccc(NC(=O)C2C3C=CC(C3)C2C(=O)NCc2cccnc2)cc1. The Morgan fingerprint density at radius 2 is 1.73 bits per heavy atom. The van der Waals surface area contributed by atoms with Gasteiger partial charge in [-0.2, -0.15) is 0 Å². The fourth-order valence-corrected chi connectivity index (χ4v) is 4.38. The molecule has 2 aromatic rings. The second-order valence-electron chi connectivity index (χ2n) is 7.64. The van der Waals surface area contributed by atoms with Crippen LogP contribution in [0.15, 0.2) is 60.9 Å². The normalized spacial score (nSPS) is 23.8. The third kappa shape index (κ3) is 3.96. The van der Waals surface area contributed by atoms with Gasteiger partial charge in [-0.3, -0.25) is 14.6 Å². The van der Waals surface area contributed by atoms with Crippen molar-refractivity contribution >= 4 is 23.5 Å². The van der Waals surface area contributed by atoms with Gasteiger partial charge < -0.3 is 15.4 Å². The number of pyridine rings is 1. The number of hydrogen-bond donors (Lipinski definition) is 2. The first-order valence-electron chi connectivity index (χ1n) is 9.91. The number of anilines is 1. The van der Waals surface area contributed by atoms with Gasteiger partial charge in [0.15, 0.2) is 0 Å². The van der Waals surface area contributed by atoms with Crippen molar-refractivity contribution in [1.82, 2.24) is 10.3 Å². The maximum Gasteiger partial charge on any atom is 0.337 e. The molecule has 4 unspecified atom stereocenters. The summed E-state index contributed by atoms with van der Waals surface area (Å²) >= 11 is 0. The third-order valence-electron chi connectivity index (χ3n) is 5.83. The van der Waals surface area contributed by atoms with Gasteiger partial charge in [0.25, 0.3) is 0 Å². The minimum Gasteiger partial charge on any atom is -0.465 e. The molecule has 0 spiro atoms. The van der Waals surface area contributed by atoms with Gasteiger partial charge in [-0.25, -0.2) is 4.79 Å². The van der Waals surface area contributed by atoms with E-state index < -0.39 is 17.8 Å². The molecule has 0 radical (unpaired) electrons. The van der Waals surface area contributed by atoms with Gasteiger partial charge >= 0.3 is 5.97 Å². The van der Waals surface area contributed by atoms with Crippen molar-refractivity contribution in [2.75, 3.05) is 12.4 Å². The summed E-state index contributed by atoms with van der Waals surface area (Å²) in [6, 6.07) is 10.2. The van der Waals surface area contributed by atoms with E-state index in [0.717, 1.165) is 12.0 Å². The van der Waals surface area contributed by atoms with Crippen LogP contribution in [0.25, 0.3) is 0 Å². The molecule has 1 aromatic carbocycles. The highest BCUT2D eigenvalue weighted by molar-refractivity contribution is 5.98. The average Bonchev–Trinajstić information content (AvgIpc) is 3.40. The van der Waals surface area contributed by atoms with Crippen LogP contribution in [0.3, 0.4) is 0 Å². The number of benzene rings is 1. The second kappa shape index (κ2) is 8.49. The van der Waals surface area contributed by atoms with Crippen LogP contribution in [-0.4, -0.2) is 29.9 Å². The van der Waals surface area contributed by atoms with Crippen LogP contribution in [0.5, 0.6) is 0 Å². The number of amides is 2. The van der Waals surface area contributed by atoms with Crippen molar-refractivity contribution in [3.05, 3.63) is 72.1 Å². The molecule has 2 bridgehead atoms. The van der Waals surface area contributed by atoms with Crippen LogP contribution in [0.1, 0.15) is 22.3 Å². The van der Waals surface area contributed by atoms with Gasteiger partial charge in [-0.05, 0) is 54.2 Å². The number of nitrogens with zero attached hydrogens (tertiary/aromatic N) is 1. The van der Waals surface area contributed by atoms with Crippen LogP contribution in [0.2, 0.25) is 0 Å². The van der Waals surface area contributed by atoms with Gasteiger partial charge in [0.1, 0.15) is 0 Å². The molecule has 0 saturated heterocycles. The Kier molecular flexibility index (Phi) is 5.61. The Hall–Kier alpha value is -3.48. The summed E-state index contributed by atoms with van der Waals surface area (Å²) in [5.74, 6) is -1.42. The predicted molar refractivity (Wildman–Crippen MR) is 110 cm³/mol. The molecule has 7 nitrogen and oxygen atoms in total. The molecule has 7 heteroatoms. The number of esters is 1. The standard InChI is InChI=1S/C23H23N3O4/c1-30-23(29)15-6-8-18(9-7-15)26-22(28)20-17-5-4-16(11-17)19(20)21(27)25-13-14-3-2-10-24-12-14/h2-10,12,16-17,19-20H,11,13H2,1H3,(H,25,27)(H,26,28). The lowest BCUT2D eigenvalue weighted by atomic mass is 9.81. The van der Waals surface area contributed by atoms with E-state index in [0.29, 0.717) is 17.8 Å². The summed E-state index contributed by atoms with van der Waals surface area (Å²) in [7, 11) is 1.32. The van der Waals surface area contributed by atoms with Crippen LogP contribution in [-0.2, 0) is 20.9 Å². The highest BCUT2D eigenvalue weighted by Gasteiger charge is 2.51. The molecule has 2 aliphatic rings. The predicted octanol–water partition coefficient (Wildman–Crippen LogP) is 2.56. The molecule has 154 valence electrons. The Labute approximate surface area is 174 Å². The van der Waals surface area contributed by atoms with Crippen LogP contribution in [0, 0.1) is 23.7 Å². The largest absolute Gasteiger partial charge is 0.465 e. The minimum absolute atomic E-state index is 0.0542. The number of nitrogens with one attached hydrogen (secondary N) is 2. The Morgan fingerprint density at radius 3 is 2.37 bits per heavy atom. The van der Waals surface area contributed by atoms with Crippen molar-refractivity contribution in [3.63, 3.8) is 0 Å². The second-order valence-corrected chi connectivity index (χ2v) is 7.64. The number of hydrogen-bond acceptors (Lipinski definition) is 5. The van der Waals surface area contributed by atoms with Gasteiger partial charge in [0.05, 0.1) is 24.5 Å². The van der Waals surface area contributed by atoms with Gasteiger partial charge in [0.2, 0.25) is 11.8 Å². The molecule has 2 amide bonds. The summed E-state index contributed by atoms with van der Waals surface area (Å²) in [6.45, 7) is 0.383. The number of aromatic nitrogens is 1. The number of methoxy groups -OCH3 is 1. The Bertz CT molecular complexity index is 972. The van der Waals surface area contributed by atoms with Gasteiger partial charge in [-0.1, -0.05) is 18.2 Å². The highest BCUT2D eigenvalue weighted by Crippen LogP contribution is 2.48. The Morgan fingerprint density at radius 1 is 1.03 bits per heavy atom. The lowest BCUT2D eigenvalue weighted by Crippen LogP contribution is -2.41. The summed E-state index contributed by atoms with van der Waals surface area (Å²) in [4.78, 5) is 41.6. The average molecular weight is 405 g/mol.